The third-order valence-electron chi connectivity index (χ3n) is 3.61. The minimum absolute atomic E-state index is 0.261. The van der Waals surface area contributed by atoms with Gasteiger partial charge in [-0.15, -0.1) is 11.3 Å². The summed E-state index contributed by atoms with van der Waals surface area (Å²) in [7, 11) is 2.03. The van der Waals surface area contributed by atoms with Crippen molar-refractivity contribution in [2.75, 3.05) is 7.05 Å². The van der Waals surface area contributed by atoms with Crippen LogP contribution in [-0.2, 0) is 0 Å². The molecule has 2 aromatic carbocycles. The first-order valence-corrected chi connectivity index (χ1v) is 7.38. The Morgan fingerprint density at radius 1 is 0.947 bits per heavy atom. The summed E-state index contributed by atoms with van der Waals surface area (Å²) >= 11 is 1.82. The summed E-state index contributed by atoms with van der Waals surface area (Å²) in [5.74, 6) is 0. The number of hydrogen-bond acceptors (Lipinski definition) is 2. The average molecular weight is 267 g/mol. The van der Waals surface area contributed by atoms with Gasteiger partial charge in [0.1, 0.15) is 0 Å². The Morgan fingerprint density at radius 2 is 1.68 bits per heavy atom. The molecule has 19 heavy (non-hydrogen) atoms. The molecule has 1 N–H and O–H groups in total. The van der Waals surface area contributed by atoms with E-state index in [2.05, 4.69) is 66.2 Å². The van der Waals surface area contributed by atoms with Crippen LogP contribution in [0, 0.1) is 6.92 Å². The van der Waals surface area contributed by atoms with Gasteiger partial charge in [-0.3, -0.25) is 0 Å². The zero-order valence-electron chi connectivity index (χ0n) is 11.2. The van der Waals surface area contributed by atoms with E-state index in [4.69, 9.17) is 0 Å². The molecule has 0 amide bonds. The Labute approximate surface area is 117 Å². The largest absolute Gasteiger partial charge is 0.309 e. The molecule has 3 rings (SSSR count). The minimum Gasteiger partial charge on any atom is -0.309 e. The van der Waals surface area contributed by atoms with Crippen LogP contribution in [0.3, 0.4) is 0 Å². The summed E-state index contributed by atoms with van der Waals surface area (Å²) in [5, 5.41) is 7.09. The predicted molar refractivity (Wildman–Crippen MR) is 83.9 cm³/mol. The molecular weight excluding hydrogens is 250 g/mol. The van der Waals surface area contributed by atoms with E-state index in [0.29, 0.717) is 0 Å². The molecule has 0 saturated carbocycles. The number of fused-ring (bicyclic) bond motifs is 1. The van der Waals surface area contributed by atoms with Gasteiger partial charge in [-0.05, 0) is 47.5 Å². The highest BCUT2D eigenvalue weighted by Gasteiger charge is 2.17. The van der Waals surface area contributed by atoms with E-state index in [0.717, 1.165) is 0 Å². The van der Waals surface area contributed by atoms with Crippen molar-refractivity contribution in [2.45, 2.75) is 13.0 Å². The van der Waals surface area contributed by atoms with Gasteiger partial charge in [0.15, 0.2) is 0 Å². The maximum Gasteiger partial charge on any atom is 0.0591 e. The van der Waals surface area contributed by atoms with E-state index in [9.17, 15) is 0 Å². The molecule has 0 bridgehead atoms. The van der Waals surface area contributed by atoms with E-state index in [-0.39, 0.29) is 6.04 Å². The van der Waals surface area contributed by atoms with Crippen LogP contribution in [0.1, 0.15) is 22.7 Å². The van der Waals surface area contributed by atoms with Gasteiger partial charge in [0.2, 0.25) is 0 Å². The zero-order valence-corrected chi connectivity index (χ0v) is 12.0. The number of rotatable bonds is 3. The lowest BCUT2D eigenvalue weighted by molar-refractivity contribution is 0.694. The molecule has 0 fully saturated rings. The summed E-state index contributed by atoms with van der Waals surface area (Å²) in [4.78, 5) is 0. The number of hydrogen-bond donors (Lipinski definition) is 1. The minimum atomic E-state index is 0.261. The van der Waals surface area contributed by atoms with Crippen molar-refractivity contribution >= 4 is 21.4 Å². The van der Waals surface area contributed by atoms with E-state index >= 15 is 0 Å². The highest BCUT2D eigenvalue weighted by molar-refractivity contribution is 7.17. The van der Waals surface area contributed by atoms with E-state index in [1.807, 2.05) is 18.4 Å². The van der Waals surface area contributed by atoms with Gasteiger partial charge >= 0.3 is 0 Å². The van der Waals surface area contributed by atoms with Gasteiger partial charge < -0.3 is 5.32 Å². The maximum absolute atomic E-state index is 3.46. The van der Waals surface area contributed by atoms with Gasteiger partial charge in [0, 0.05) is 4.70 Å². The fraction of sp³-hybridized carbons (Fsp3) is 0.176. The third-order valence-corrected chi connectivity index (χ3v) is 4.59. The van der Waals surface area contributed by atoms with Gasteiger partial charge in [-0.1, -0.05) is 42.5 Å². The highest BCUT2D eigenvalue weighted by Crippen LogP contribution is 2.34. The number of thiophene rings is 1. The topological polar surface area (TPSA) is 12.0 Å². The fourth-order valence-corrected chi connectivity index (χ4v) is 3.60. The molecule has 0 radical (unpaired) electrons. The number of benzene rings is 2. The van der Waals surface area contributed by atoms with Crippen LogP contribution in [-0.4, -0.2) is 7.05 Å². The Bertz CT molecular complexity index is 699. The molecule has 0 aliphatic rings. The van der Waals surface area contributed by atoms with Crippen LogP contribution < -0.4 is 5.32 Å². The maximum atomic E-state index is 3.46. The monoisotopic (exact) mass is 267 g/mol. The molecule has 0 spiro atoms. The molecule has 1 nitrogen and oxygen atoms in total. The van der Waals surface area contributed by atoms with E-state index < -0.39 is 0 Å². The summed E-state index contributed by atoms with van der Waals surface area (Å²) < 4.78 is 1.35. The molecule has 3 aromatic rings. The molecule has 0 aliphatic heterocycles. The molecule has 1 atom stereocenters. The second kappa shape index (κ2) is 5.16. The van der Waals surface area contributed by atoms with Crippen LogP contribution in [0.15, 0.2) is 53.9 Å². The average Bonchev–Trinajstić information content (AvgIpc) is 2.86. The molecular formula is C17H17NS. The van der Waals surface area contributed by atoms with Gasteiger partial charge in [-0.2, -0.15) is 0 Å². The van der Waals surface area contributed by atoms with Crippen LogP contribution in [0.25, 0.3) is 10.1 Å². The Morgan fingerprint density at radius 3 is 2.47 bits per heavy atom. The zero-order chi connectivity index (χ0) is 13.2. The standard InChI is InChI=1S/C17H17NS/c1-12-7-3-4-8-13(12)17(18-2)15-11-19-16-10-6-5-9-14(15)16/h3-11,17-18H,1-2H3. The first-order valence-electron chi connectivity index (χ1n) is 6.50. The van der Waals surface area contributed by atoms with Gasteiger partial charge in [0.25, 0.3) is 0 Å². The smallest absolute Gasteiger partial charge is 0.0591 e. The van der Waals surface area contributed by atoms with Crippen molar-refractivity contribution < 1.29 is 0 Å². The summed E-state index contributed by atoms with van der Waals surface area (Å²) in [6.45, 7) is 2.17. The van der Waals surface area contributed by atoms with Gasteiger partial charge in [0.05, 0.1) is 6.04 Å². The van der Waals surface area contributed by atoms with Gasteiger partial charge in [-0.25, -0.2) is 0 Å². The molecule has 1 aromatic heterocycles. The second-order valence-electron chi connectivity index (χ2n) is 4.77. The lowest BCUT2D eigenvalue weighted by Crippen LogP contribution is -2.18. The number of aryl methyl sites for hydroxylation is 1. The second-order valence-corrected chi connectivity index (χ2v) is 5.68. The normalized spacial score (nSPS) is 12.7. The van der Waals surface area contributed by atoms with Crippen LogP contribution in [0.2, 0.25) is 0 Å². The Balaban J connectivity index is 2.15. The fourth-order valence-electron chi connectivity index (χ4n) is 2.61. The number of nitrogens with one attached hydrogen (secondary N) is 1. The predicted octanol–water partition coefficient (Wildman–Crippen LogP) is 4.52. The summed E-state index contributed by atoms with van der Waals surface area (Å²) in [6, 6.07) is 17.5. The summed E-state index contributed by atoms with van der Waals surface area (Å²) in [5.41, 5.74) is 4.06. The quantitative estimate of drug-likeness (QED) is 0.735. The summed E-state index contributed by atoms with van der Waals surface area (Å²) in [6.07, 6.45) is 0. The SMILES string of the molecule is CNC(c1ccccc1C)c1csc2ccccc12. The van der Waals surface area contributed by atoms with E-state index in [1.165, 1.54) is 26.8 Å². The lowest BCUT2D eigenvalue weighted by atomic mass is 9.95. The van der Waals surface area contributed by atoms with Crippen molar-refractivity contribution in [3.8, 4) is 0 Å². The molecule has 0 aliphatic carbocycles. The lowest BCUT2D eigenvalue weighted by Gasteiger charge is -2.18. The first-order chi connectivity index (χ1) is 9.31. The van der Waals surface area contributed by atoms with Crippen LogP contribution in [0.5, 0.6) is 0 Å². The first kappa shape index (κ1) is 12.4. The van der Waals surface area contributed by atoms with Crippen molar-refractivity contribution in [1.29, 1.82) is 0 Å². The molecule has 96 valence electrons. The Hall–Kier alpha value is -1.64. The molecule has 1 heterocycles. The highest BCUT2D eigenvalue weighted by atomic mass is 32.1. The van der Waals surface area contributed by atoms with Crippen molar-refractivity contribution in [3.05, 3.63) is 70.6 Å². The Kier molecular flexibility index (Phi) is 3.36. The van der Waals surface area contributed by atoms with Crippen molar-refractivity contribution in [2.24, 2.45) is 0 Å². The molecule has 1 unspecified atom stereocenters. The van der Waals surface area contributed by atoms with Crippen molar-refractivity contribution in [1.82, 2.24) is 5.32 Å². The molecule has 2 heteroatoms. The third kappa shape index (κ3) is 2.18. The van der Waals surface area contributed by atoms with Crippen LogP contribution in [0.4, 0.5) is 0 Å². The van der Waals surface area contributed by atoms with Crippen molar-refractivity contribution in [3.63, 3.8) is 0 Å². The van der Waals surface area contributed by atoms with Crippen LogP contribution >= 0.6 is 11.3 Å². The van der Waals surface area contributed by atoms with E-state index in [1.54, 1.807) is 0 Å². The molecule has 0 saturated heterocycles.